The average Bonchev–Trinajstić information content (AvgIpc) is 3.31. The summed E-state index contributed by atoms with van der Waals surface area (Å²) in [4.78, 5) is 39.3. The van der Waals surface area contributed by atoms with Gasteiger partial charge < -0.3 is 0 Å². The molecule has 2 N–H and O–H groups in total. The lowest BCUT2D eigenvalue weighted by atomic mass is 10.1. The molecular formula is C24H20N4O3S. The molecule has 0 spiro atoms. The van der Waals surface area contributed by atoms with Crippen molar-refractivity contribution in [2.45, 2.75) is 13.5 Å². The first-order chi connectivity index (χ1) is 15.6. The molecule has 4 rings (SSSR count). The van der Waals surface area contributed by atoms with Crippen molar-refractivity contribution >= 4 is 40.0 Å². The van der Waals surface area contributed by atoms with E-state index in [9.17, 15) is 14.4 Å². The molecule has 4 aromatic rings. The summed E-state index contributed by atoms with van der Waals surface area (Å²) in [6, 6.07) is 20.7. The van der Waals surface area contributed by atoms with Crippen molar-refractivity contribution in [3.8, 4) is 10.4 Å². The van der Waals surface area contributed by atoms with Gasteiger partial charge in [-0.25, -0.2) is 4.68 Å². The van der Waals surface area contributed by atoms with Gasteiger partial charge in [-0.15, -0.1) is 11.3 Å². The second kappa shape index (κ2) is 9.40. The zero-order valence-electron chi connectivity index (χ0n) is 17.2. The number of nitrogens with zero attached hydrogens (tertiary/aromatic N) is 2. The van der Waals surface area contributed by atoms with Gasteiger partial charge in [0.05, 0.1) is 5.39 Å². The van der Waals surface area contributed by atoms with E-state index >= 15 is 0 Å². The van der Waals surface area contributed by atoms with E-state index in [0.717, 1.165) is 15.3 Å². The topological polar surface area (TPSA) is 93.1 Å². The standard InChI is InChI=1S/C24H20N4O3S/c1-2-28-24(31)19-11-7-6-10-18(19)22(27-28)23(30)26-25-21(29)15-13-17-12-14-20(32-17)16-8-4-3-5-9-16/h3-15H,2H2,1H3,(H,25,29)(H,26,30)/b15-13+. The van der Waals surface area contributed by atoms with Crippen LogP contribution < -0.4 is 16.4 Å². The number of rotatable bonds is 5. The molecule has 0 atom stereocenters. The molecule has 0 radical (unpaired) electrons. The fourth-order valence-corrected chi connectivity index (χ4v) is 4.11. The average molecular weight is 445 g/mol. The van der Waals surface area contributed by atoms with E-state index in [1.807, 2.05) is 42.5 Å². The van der Waals surface area contributed by atoms with Crippen LogP contribution in [0, 0.1) is 0 Å². The molecule has 0 bridgehead atoms. The van der Waals surface area contributed by atoms with Crippen molar-refractivity contribution in [3.05, 3.63) is 93.7 Å². The molecule has 2 amide bonds. The van der Waals surface area contributed by atoms with E-state index in [0.29, 0.717) is 17.3 Å². The van der Waals surface area contributed by atoms with Crippen LogP contribution in [0.4, 0.5) is 0 Å². The van der Waals surface area contributed by atoms with E-state index < -0.39 is 11.8 Å². The number of nitrogens with one attached hydrogen (secondary N) is 2. The number of carbonyl (C=O) groups is 2. The molecule has 0 unspecified atom stereocenters. The van der Waals surface area contributed by atoms with Gasteiger partial charge in [-0.1, -0.05) is 48.5 Å². The summed E-state index contributed by atoms with van der Waals surface area (Å²) >= 11 is 1.56. The van der Waals surface area contributed by atoms with E-state index in [-0.39, 0.29) is 11.3 Å². The molecule has 2 aromatic carbocycles. The quantitative estimate of drug-likeness (QED) is 0.363. The summed E-state index contributed by atoms with van der Waals surface area (Å²) in [5.74, 6) is -1.09. The summed E-state index contributed by atoms with van der Waals surface area (Å²) in [6.07, 6.45) is 3.03. The molecule has 0 fully saturated rings. The van der Waals surface area contributed by atoms with Gasteiger partial charge in [0.15, 0.2) is 5.69 Å². The number of benzene rings is 2. The zero-order chi connectivity index (χ0) is 22.5. The smallest absolute Gasteiger partial charge is 0.268 e. The fourth-order valence-electron chi connectivity index (χ4n) is 3.19. The molecule has 2 heterocycles. The second-order valence-electron chi connectivity index (χ2n) is 6.86. The van der Waals surface area contributed by atoms with Gasteiger partial charge in [0.2, 0.25) is 0 Å². The van der Waals surface area contributed by atoms with Gasteiger partial charge >= 0.3 is 0 Å². The van der Waals surface area contributed by atoms with Gasteiger partial charge in [-0.2, -0.15) is 5.10 Å². The summed E-state index contributed by atoms with van der Waals surface area (Å²) in [5.41, 5.74) is 5.64. The number of hydrazine groups is 1. The molecule has 2 aromatic heterocycles. The number of aryl methyl sites for hydroxylation is 1. The predicted octanol–water partition coefficient (Wildman–Crippen LogP) is 3.62. The van der Waals surface area contributed by atoms with Crippen LogP contribution in [0.2, 0.25) is 0 Å². The fraction of sp³-hybridized carbons (Fsp3) is 0.0833. The van der Waals surface area contributed by atoms with Gasteiger partial charge in [0, 0.05) is 27.8 Å². The van der Waals surface area contributed by atoms with E-state index in [2.05, 4.69) is 16.0 Å². The number of thiophene rings is 1. The highest BCUT2D eigenvalue weighted by atomic mass is 32.1. The Hall–Kier alpha value is -4.04. The van der Waals surface area contributed by atoms with Crippen molar-refractivity contribution in [3.63, 3.8) is 0 Å². The van der Waals surface area contributed by atoms with Crippen LogP contribution in [0.3, 0.4) is 0 Å². The third-order valence-corrected chi connectivity index (χ3v) is 5.87. The Kier molecular flexibility index (Phi) is 6.23. The Morgan fingerprint density at radius 2 is 1.69 bits per heavy atom. The molecule has 7 nitrogen and oxygen atoms in total. The lowest BCUT2D eigenvalue weighted by Gasteiger charge is -2.10. The Morgan fingerprint density at radius 3 is 2.44 bits per heavy atom. The minimum atomic E-state index is -0.604. The number of fused-ring (bicyclic) bond motifs is 1. The van der Waals surface area contributed by atoms with Crippen LogP contribution >= 0.6 is 11.3 Å². The Labute approximate surface area is 188 Å². The van der Waals surface area contributed by atoms with Gasteiger partial charge in [0.1, 0.15) is 0 Å². The van der Waals surface area contributed by atoms with Crippen molar-refractivity contribution in [1.82, 2.24) is 20.6 Å². The van der Waals surface area contributed by atoms with Crippen LogP contribution in [-0.4, -0.2) is 21.6 Å². The normalized spacial score (nSPS) is 11.0. The first kappa shape index (κ1) is 21.2. The van der Waals surface area contributed by atoms with E-state index in [1.165, 1.54) is 10.8 Å². The lowest BCUT2D eigenvalue weighted by molar-refractivity contribution is -0.117. The highest BCUT2D eigenvalue weighted by molar-refractivity contribution is 7.16. The first-order valence-electron chi connectivity index (χ1n) is 10.0. The van der Waals surface area contributed by atoms with Crippen LogP contribution in [0.1, 0.15) is 22.3 Å². The number of amides is 2. The maximum atomic E-state index is 12.7. The largest absolute Gasteiger partial charge is 0.290 e. The van der Waals surface area contributed by atoms with Gasteiger partial charge in [-0.05, 0) is 36.8 Å². The first-order valence-corrected chi connectivity index (χ1v) is 10.8. The number of hydrogen-bond acceptors (Lipinski definition) is 5. The van der Waals surface area contributed by atoms with E-state index in [1.54, 1.807) is 48.6 Å². The summed E-state index contributed by atoms with van der Waals surface area (Å²) in [5, 5.41) is 4.97. The zero-order valence-corrected chi connectivity index (χ0v) is 18.1. The monoisotopic (exact) mass is 444 g/mol. The highest BCUT2D eigenvalue weighted by Crippen LogP contribution is 2.28. The predicted molar refractivity (Wildman–Crippen MR) is 126 cm³/mol. The molecule has 0 saturated heterocycles. The Balaban J connectivity index is 1.44. The number of aromatic nitrogens is 2. The van der Waals surface area contributed by atoms with Gasteiger partial charge in [-0.3, -0.25) is 25.2 Å². The molecule has 0 aliphatic rings. The summed E-state index contributed by atoms with van der Waals surface area (Å²) in [6.45, 7) is 2.09. The minimum Gasteiger partial charge on any atom is -0.268 e. The molecule has 32 heavy (non-hydrogen) atoms. The summed E-state index contributed by atoms with van der Waals surface area (Å²) in [7, 11) is 0. The van der Waals surface area contributed by atoms with Crippen molar-refractivity contribution < 1.29 is 9.59 Å². The van der Waals surface area contributed by atoms with Crippen molar-refractivity contribution in [1.29, 1.82) is 0 Å². The Morgan fingerprint density at radius 1 is 0.969 bits per heavy atom. The van der Waals surface area contributed by atoms with E-state index in [4.69, 9.17) is 0 Å². The molecule has 0 saturated carbocycles. The minimum absolute atomic E-state index is 0.0667. The third-order valence-electron chi connectivity index (χ3n) is 4.77. The SMILES string of the molecule is CCn1nc(C(=O)NNC(=O)/C=C/c2ccc(-c3ccccc3)s2)c2ccccc2c1=O. The highest BCUT2D eigenvalue weighted by Gasteiger charge is 2.16. The molecule has 160 valence electrons. The lowest BCUT2D eigenvalue weighted by Crippen LogP contribution is -2.42. The maximum absolute atomic E-state index is 12.7. The van der Waals surface area contributed by atoms with Crippen molar-refractivity contribution in [2.75, 3.05) is 0 Å². The van der Waals surface area contributed by atoms with Crippen LogP contribution in [0.15, 0.2) is 77.6 Å². The maximum Gasteiger partial charge on any atom is 0.290 e. The molecule has 0 aliphatic heterocycles. The third kappa shape index (κ3) is 4.50. The number of carbonyl (C=O) groups excluding carboxylic acids is 2. The second-order valence-corrected chi connectivity index (χ2v) is 7.98. The molecule has 8 heteroatoms. The van der Waals surface area contributed by atoms with Crippen molar-refractivity contribution in [2.24, 2.45) is 0 Å². The van der Waals surface area contributed by atoms with Crippen LogP contribution in [0.25, 0.3) is 27.3 Å². The summed E-state index contributed by atoms with van der Waals surface area (Å²) < 4.78 is 1.22. The van der Waals surface area contributed by atoms with Crippen LogP contribution in [0.5, 0.6) is 0 Å². The Bertz CT molecular complexity index is 1370. The molecule has 0 aliphatic carbocycles. The number of hydrogen-bond donors (Lipinski definition) is 2. The van der Waals surface area contributed by atoms with Gasteiger partial charge in [0.25, 0.3) is 17.4 Å². The van der Waals surface area contributed by atoms with Crippen LogP contribution in [-0.2, 0) is 11.3 Å². The molecular weight excluding hydrogens is 424 g/mol.